The Morgan fingerprint density at radius 2 is 1.77 bits per heavy atom. The first-order valence-electron chi connectivity index (χ1n) is 11.1. The van der Waals surface area contributed by atoms with Gasteiger partial charge in [0.05, 0.1) is 0 Å². The zero-order chi connectivity index (χ0) is 23.1. The Kier molecular flexibility index (Phi) is 8.71. The van der Waals surface area contributed by atoms with Crippen LogP contribution in [-0.2, 0) is 4.79 Å². The van der Waals surface area contributed by atoms with Crippen molar-refractivity contribution >= 4 is 23.7 Å². The van der Waals surface area contributed by atoms with E-state index >= 15 is 0 Å². The summed E-state index contributed by atoms with van der Waals surface area (Å²) in [7, 11) is 0. The number of rotatable bonds is 6. The molecule has 5 amide bonds. The van der Waals surface area contributed by atoms with Crippen LogP contribution in [0.3, 0.4) is 0 Å². The number of nitrogens with one attached hydrogen (secondary N) is 3. The van der Waals surface area contributed by atoms with Crippen molar-refractivity contribution in [2.75, 3.05) is 25.0 Å². The molecule has 3 N–H and O–H groups in total. The topological polar surface area (TPSA) is 93.8 Å². The molecular formula is C23H37N5O3. The van der Waals surface area contributed by atoms with Crippen molar-refractivity contribution < 1.29 is 14.4 Å². The van der Waals surface area contributed by atoms with Crippen LogP contribution in [0, 0.1) is 12.8 Å². The average Bonchev–Trinajstić information content (AvgIpc) is 2.72. The lowest BCUT2D eigenvalue weighted by Crippen LogP contribution is -2.61. The van der Waals surface area contributed by atoms with E-state index in [9.17, 15) is 14.4 Å². The summed E-state index contributed by atoms with van der Waals surface area (Å²) >= 11 is 0. The first kappa shape index (κ1) is 24.5. The summed E-state index contributed by atoms with van der Waals surface area (Å²) < 4.78 is 0. The second-order valence-corrected chi connectivity index (χ2v) is 8.71. The van der Waals surface area contributed by atoms with Gasteiger partial charge in [-0.25, -0.2) is 9.59 Å². The quantitative estimate of drug-likeness (QED) is 0.646. The van der Waals surface area contributed by atoms with E-state index in [-0.39, 0.29) is 29.9 Å². The van der Waals surface area contributed by atoms with E-state index < -0.39 is 12.1 Å². The lowest BCUT2D eigenvalue weighted by atomic mass is 9.97. The minimum absolute atomic E-state index is 0.0207. The standard InChI is InChI=1S/C23H37N5O3/c1-7-16(4)20(26-22(30)25-19-11-9-8-10-17(19)5)21(29)27-12-13-28(18(6)14-27)23(31)24-15(2)3/h8-11,15-16,18,20H,7,12-14H2,1-6H3,(H,24,31)(H2,25,26,30). The van der Waals surface area contributed by atoms with Gasteiger partial charge >= 0.3 is 12.1 Å². The summed E-state index contributed by atoms with van der Waals surface area (Å²) in [6.07, 6.45) is 0.757. The maximum Gasteiger partial charge on any atom is 0.319 e. The summed E-state index contributed by atoms with van der Waals surface area (Å²) in [5.41, 5.74) is 1.67. The third-order valence-electron chi connectivity index (χ3n) is 5.77. The van der Waals surface area contributed by atoms with Gasteiger partial charge in [-0.3, -0.25) is 4.79 Å². The maximum absolute atomic E-state index is 13.3. The molecule has 172 valence electrons. The average molecular weight is 432 g/mol. The molecule has 0 radical (unpaired) electrons. The predicted octanol–water partition coefficient (Wildman–Crippen LogP) is 3.18. The molecule has 3 unspecified atom stereocenters. The summed E-state index contributed by atoms with van der Waals surface area (Å²) in [5, 5.41) is 8.63. The third kappa shape index (κ3) is 6.60. The Morgan fingerprint density at radius 1 is 1.10 bits per heavy atom. The first-order chi connectivity index (χ1) is 14.6. The van der Waals surface area contributed by atoms with Crippen LogP contribution in [-0.4, -0.2) is 65.5 Å². The summed E-state index contributed by atoms with van der Waals surface area (Å²) in [6, 6.07) is 6.35. The molecule has 1 aliphatic heterocycles. The molecule has 0 saturated carbocycles. The fraction of sp³-hybridized carbons (Fsp3) is 0.609. The van der Waals surface area contributed by atoms with Gasteiger partial charge in [0, 0.05) is 37.4 Å². The highest BCUT2D eigenvalue weighted by Crippen LogP contribution is 2.17. The summed E-state index contributed by atoms with van der Waals surface area (Å²) in [4.78, 5) is 41.9. The molecule has 1 heterocycles. The van der Waals surface area contributed by atoms with E-state index in [1.165, 1.54) is 0 Å². The van der Waals surface area contributed by atoms with E-state index in [0.717, 1.165) is 12.0 Å². The molecule has 1 saturated heterocycles. The number of carbonyl (C=O) groups excluding carboxylic acids is 3. The van der Waals surface area contributed by atoms with Crippen molar-refractivity contribution in [3.8, 4) is 0 Å². The fourth-order valence-electron chi connectivity index (χ4n) is 3.68. The highest BCUT2D eigenvalue weighted by Gasteiger charge is 2.35. The predicted molar refractivity (Wildman–Crippen MR) is 123 cm³/mol. The number of hydrogen-bond acceptors (Lipinski definition) is 3. The molecule has 31 heavy (non-hydrogen) atoms. The molecule has 0 bridgehead atoms. The van der Waals surface area contributed by atoms with Gasteiger partial charge in [-0.05, 0) is 45.2 Å². The highest BCUT2D eigenvalue weighted by atomic mass is 16.2. The minimum Gasteiger partial charge on any atom is -0.337 e. The second kappa shape index (κ2) is 11.0. The Balaban J connectivity index is 2.04. The number of benzene rings is 1. The number of amides is 5. The first-order valence-corrected chi connectivity index (χ1v) is 11.1. The largest absolute Gasteiger partial charge is 0.337 e. The van der Waals surface area contributed by atoms with Crippen molar-refractivity contribution in [1.82, 2.24) is 20.4 Å². The molecule has 2 rings (SSSR count). The van der Waals surface area contributed by atoms with Crippen LogP contribution in [0.5, 0.6) is 0 Å². The molecule has 8 heteroatoms. The smallest absolute Gasteiger partial charge is 0.319 e. The van der Waals surface area contributed by atoms with Crippen molar-refractivity contribution in [3.05, 3.63) is 29.8 Å². The van der Waals surface area contributed by atoms with Crippen molar-refractivity contribution in [3.63, 3.8) is 0 Å². The van der Waals surface area contributed by atoms with E-state index in [2.05, 4.69) is 16.0 Å². The van der Waals surface area contributed by atoms with Gasteiger partial charge in [0.2, 0.25) is 5.91 Å². The third-order valence-corrected chi connectivity index (χ3v) is 5.77. The number of nitrogens with zero attached hydrogens (tertiary/aromatic N) is 2. The van der Waals surface area contributed by atoms with Gasteiger partial charge in [0.1, 0.15) is 6.04 Å². The number of carbonyl (C=O) groups is 3. The van der Waals surface area contributed by atoms with Crippen LogP contribution in [0.4, 0.5) is 15.3 Å². The number of anilines is 1. The molecule has 0 aliphatic carbocycles. The van der Waals surface area contributed by atoms with Gasteiger partial charge < -0.3 is 25.8 Å². The highest BCUT2D eigenvalue weighted by molar-refractivity contribution is 5.94. The second-order valence-electron chi connectivity index (χ2n) is 8.71. The lowest BCUT2D eigenvalue weighted by molar-refractivity contribution is -0.136. The number of urea groups is 2. The minimum atomic E-state index is -0.628. The van der Waals surface area contributed by atoms with E-state index in [1.807, 2.05) is 65.8 Å². The number of aryl methyl sites for hydroxylation is 1. The van der Waals surface area contributed by atoms with Crippen LogP contribution in [0.25, 0.3) is 0 Å². The van der Waals surface area contributed by atoms with Gasteiger partial charge in [-0.15, -0.1) is 0 Å². The molecule has 1 aromatic rings. The number of hydrogen-bond donors (Lipinski definition) is 3. The van der Waals surface area contributed by atoms with Crippen molar-refractivity contribution in [1.29, 1.82) is 0 Å². The molecule has 3 atom stereocenters. The fourth-order valence-corrected chi connectivity index (χ4v) is 3.68. The molecule has 0 spiro atoms. The van der Waals surface area contributed by atoms with Gasteiger partial charge in [0.15, 0.2) is 0 Å². The van der Waals surface area contributed by atoms with Gasteiger partial charge in [-0.1, -0.05) is 38.5 Å². The Bertz CT molecular complexity index is 782. The zero-order valence-electron chi connectivity index (χ0n) is 19.6. The van der Waals surface area contributed by atoms with Crippen molar-refractivity contribution in [2.24, 2.45) is 5.92 Å². The van der Waals surface area contributed by atoms with Gasteiger partial charge in [-0.2, -0.15) is 0 Å². The molecule has 8 nitrogen and oxygen atoms in total. The molecule has 1 fully saturated rings. The molecular weight excluding hydrogens is 394 g/mol. The SMILES string of the molecule is CCC(C)C(NC(=O)Nc1ccccc1C)C(=O)N1CCN(C(=O)NC(C)C)C(C)C1. The van der Waals surface area contributed by atoms with Crippen LogP contribution < -0.4 is 16.0 Å². The van der Waals surface area contributed by atoms with Crippen molar-refractivity contribution in [2.45, 2.75) is 66.1 Å². The van der Waals surface area contributed by atoms with E-state index in [1.54, 1.807) is 9.80 Å². The monoisotopic (exact) mass is 431 g/mol. The van der Waals surface area contributed by atoms with Gasteiger partial charge in [0.25, 0.3) is 0 Å². The van der Waals surface area contributed by atoms with Crippen LogP contribution in [0.2, 0.25) is 0 Å². The number of piperazine rings is 1. The van der Waals surface area contributed by atoms with E-state index in [4.69, 9.17) is 0 Å². The summed E-state index contributed by atoms with van der Waals surface area (Å²) in [5.74, 6) is -0.127. The number of para-hydroxylation sites is 1. The summed E-state index contributed by atoms with van der Waals surface area (Å²) in [6.45, 7) is 13.0. The lowest BCUT2D eigenvalue weighted by Gasteiger charge is -2.41. The van der Waals surface area contributed by atoms with Crippen LogP contribution in [0.15, 0.2) is 24.3 Å². The zero-order valence-corrected chi connectivity index (χ0v) is 19.6. The molecule has 1 aromatic carbocycles. The van der Waals surface area contributed by atoms with E-state index in [0.29, 0.717) is 25.3 Å². The normalized spacial score (nSPS) is 18.4. The molecule has 0 aromatic heterocycles. The maximum atomic E-state index is 13.3. The Morgan fingerprint density at radius 3 is 2.35 bits per heavy atom. The van der Waals surface area contributed by atoms with Crippen LogP contribution >= 0.6 is 0 Å². The Labute approximate surface area is 185 Å². The Hall–Kier alpha value is -2.77. The van der Waals surface area contributed by atoms with Crippen LogP contribution in [0.1, 0.15) is 46.6 Å². The molecule has 1 aliphatic rings.